The van der Waals surface area contributed by atoms with Gasteiger partial charge in [-0.05, 0) is 62.8 Å². The Bertz CT molecular complexity index is 822. The highest BCUT2D eigenvalue weighted by Crippen LogP contribution is 2.29. The summed E-state index contributed by atoms with van der Waals surface area (Å²) in [5.41, 5.74) is 5.88. The maximum atomic E-state index is 11.4. The number of hydrogen-bond donors (Lipinski definition) is 1. The summed E-state index contributed by atoms with van der Waals surface area (Å²) < 4.78 is 6.13. The zero-order valence-corrected chi connectivity index (χ0v) is 17.4. The summed E-state index contributed by atoms with van der Waals surface area (Å²) in [4.78, 5) is 13.7. The van der Waals surface area contributed by atoms with Crippen molar-refractivity contribution in [3.8, 4) is 5.75 Å². The molecule has 0 bridgehead atoms. The molecule has 0 saturated carbocycles. The van der Waals surface area contributed by atoms with Crippen LogP contribution >= 0.6 is 0 Å². The highest BCUT2D eigenvalue weighted by Gasteiger charge is 2.29. The van der Waals surface area contributed by atoms with E-state index in [0.29, 0.717) is 19.2 Å². The number of aliphatic carboxylic acids is 1. The second-order valence-electron chi connectivity index (χ2n) is 8.23. The van der Waals surface area contributed by atoms with E-state index in [0.717, 1.165) is 36.3 Å². The molecule has 28 heavy (non-hydrogen) atoms. The largest absolute Gasteiger partial charge is 0.488 e. The zero-order chi connectivity index (χ0) is 20.3. The summed E-state index contributed by atoms with van der Waals surface area (Å²) in [5.74, 6) is 0.0137. The average Bonchev–Trinajstić information content (AvgIpc) is 2.62. The van der Waals surface area contributed by atoms with Gasteiger partial charge in [0.2, 0.25) is 0 Å². The number of carboxylic acids is 1. The van der Waals surface area contributed by atoms with E-state index in [2.05, 4.69) is 69.0 Å². The third-order valence-corrected chi connectivity index (χ3v) is 5.73. The van der Waals surface area contributed by atoms with Gasteiger partial charge in [-0.2, -0.15) is 0 Å². The molecule has 2 aromatic carbocycles. The summed E-state index contributed by atoms with van der Waals surface area (Å²) in [6.07, 6.45) is 1.71. The number of aryl methyl sites for hydroxylation is 3. The lowest BCUT2D eigenvalue weighted by atomic mass is 9.93. The normalized spacial score (nSPS) is 20.1. The molecular weight excluding hydrogens is 350 g/mol. The summed E-state index contributed by atoms with van der Waals surface area (Å²) in [5, 5.41) is 9.36. The summed E-state index contributed by atoms with van der Waals surface area (Å²) in [6.45, 7) is 10.4. The molecule has 1 aliphatic heterocycles. The van der Waals surface area contributed by atoms with Crippen LogP contribution in [-0.2, 0) is 17.9 Å². The first-order valence-corrected chi connectivity index (χ1v) is 10.1. The zero-order valence-electron chi connectivity index (χ0n) is 17.4. The number of carbonyl (C=O) groups is 1. The summed E-state index contributed by atoms with van der Waals surface area (Å²) in [6, 6.07) is 13.1. The van der Waals surface area contributed by atoms with Gasteiger partial charge in [0.15, 0.2) is 0 Å². The third-order valence-electron chi connectivity index (χ3n) is 5.73. The number of rotatable bonds is 6. The van der Waals surface area contributed by atoms with Crippen LogP contribution < -0.4 is 4.74 Å². The quantitative estimate of drug-likeness (QED) is 0.775. The van der Waals surface area contributed by atoms with Crippen LogP contribution in [0.15, 0.2) is 36.4 Å². The molecule has 2 aromatic rings. The van der Waals surface area contributed by atoms with Gasteiger partial charge in [0.05, 0.1) is 5.92 Å². The van der Waals surface area contributed by atoms with Crippen LogP contribution in [-0.4, -0.2) is 28.6 Å². The lowest BCUT2D eigenvalue weighted by Gasteiger charge is -2.36. The van der Waals surface area contributed by atoms with Gasteiger partial charge >= 0.3 is 5.97 Å². The topological polar surface area (TPSA) is 49.8 Å². The Labute approximate surface area is 168 Å². The summed E-state index contributed by atoms with van der Waals surface area (Å²) >= 11 is 0. The van der Waals surface area contributed by atoms with E-state index in [-0.39, 0.29) is 5.92 Å². The van der Waals surface area contributed by atoms with Gasteiger partial charge in [0.1, 0.15) is 12.4 Å². The molecule has 1 fully saturated rings. The summed E-state index contributed by atoms with van der Waals surface area (Å²) in [7, 11) is 0. The second kappa shape index (κ2) is 8.78. The van der Waals surface area contributed by atoms with E-state index in [1.807, 2.05) is 0 Å². The maximum absolute atomic E-state index is 11.4. The van der Waals surface area contributed by atoms with Crippen molar-refractivity contribution < 1.29 is 14.6 Å². The molecule has 4 heteroatoms. The molecule has 3 rings (SSSR count). The molecule has 1 aliphatic rings. The SMILES string of the molecule is Cc1cccc(COc2c(C)cc(CN3CC(C(=O)O)CCC3C)cc2C)c1. The highest BCUT2D eigenvalue weighted by molar-refractivity contribution is 5.70. The smallest absolute Gasteiger partial charge is 0.307 e. The van der Waals surface area contributed by atoms with E-state index < -0.39 is 5.97 Å². The van der Waals surface area contributed by atoms with Crippen molar-refractivity contribution in [2.24, 2.45) is 5.92 Å². The van der Waals surface area contributed by atoms with Crippen molar-refractivity contribution in [1.29, 1.82) is 0 Å². The van der Waals surface area contributed by atoms with Crippen LogP contribution in [0.2, 0.25) is 0 Å². The average molecular weight is 382 g/mol. The number of piperidine rings is 1. The molecule has 1 N–H and O–H groups in total. The molecule has 0 aliphatic carbocycles. The minimum atomic E-state index is -0.677. The number of ether oxygens (including phenoxy) is 1. The van der Waals surface area contributed by atoms with Crippen LogP contribution in [0.25, 0.3) is 0 Å². The van der Waals surface area contributed by atoms with Crippen molar-refractivity contribution >= 4 is 5.97 Å². The molecule has 0 spiro atoms. The van der Waals surface area contributed by atoms with Crippen LogP contribution in [0.5, 0.6) is 5.75 Å². The van der Waals surface area contributed by atoms with Crippen LogP contribution in [0, 0.1) is 26.7 Å². The van der Waals surface area contributed by atoms with Crippen LogP contribution in [0.1, 0.15) is 47.6 Å². The molecule has 2 unspecified atom stereocenters. The Hall–Kier alpha value is -2.33. The Morgan fingerprint density at radius 2 is 1.82 bits per heavy atom. The molecular formula is C24H31NO3. The van der Waals surface area contributed by atoms with Crippen LogP contribution in [0.3, 0.4) is 0 Å². The molecule has 1 saturated heterocycles. The number of likely N-dealkylation sites (tertiary alicyclic amines) is 1. The van der Waals surface area contributed by atoms with Crippen LogP contribution in [0.4, 0.5) is 0 Å². The van der Waals surface area contributed by atoms with E-state index in [1.165, 1.54) is 16.7 Å². The highest BCUT2D eigenvalue weighted by atomic mass is 16.5. The van der Waals surface area contributed by atoms with Gasteiger partial charge in [-0.1, -0.05) is 42.0 Å². The molecule has 0 amide bonds. The van der Waals surface area contributed by atoms with Crippen molar-refractivity contribution in [3.05, 3.63) is 64.2 Å². The Balaban J connectivity index is 1.69. The molecule has 150 valence electrons. The molecule has 0 aromatic heterocycles. The number of benzene rings is 2. The van der Waals surface area contributed by atoms with Crippen molar-refractivity contribution in [2.75, 3.05) is 6.54 Å². The lowest BCUT2D eigenvalue weighted by molar-refractivity contribution is -0.144. The van der Waals surface area contributed by atoms with Gasteiger partial charge < -0.3 is 9.84 Å². The first-order valence-electron chi connectivity index (χ1n) is 10.1. The fourth-order valence-corrected chi connectivity index (χ4v) is 4.15. The van der Waals surface area contributed by atoms with Crippen molar-refractivity contribution in [2.45, 2.75) is 59.7 Å². The Kier molecular flexibility index (Phi) is 6.40. The van der Waals surface area contributed by atoms with Gasteiger partial charge in [0.25, 0.3) is 0 Å². The van der Waals surface area contributed by atoms with Gasteiger partial charge in [-0.15, -0.1) is 0 Å². The first-order chi connectivity index (χ1) is 13.3. The fraction of sp³-hybridized carbons (Fsp3) is 0.458. The van der Waals surface area contributed by atoms with Gasteiger partial charge in [-0.25, -0.2) is 0 Å². The molecule has 4 nitrogen and oxygen atoms in total. The van der Waals surface area contributed by atoms with Crippen molar-refractivity contribution in [1.82, 2.24) is 4.90 Å². The predicted molar refractivity (Wildman–Crippen MR) is 112 cm³/mol. The molecule has 1 heterocycles. The predicted octanol–water partition coefficient (Wildman–Crippen LogP) is 4.88. The third kappa shape index (κ3) is 4.93. The molecule has 2 atom stereocenters. The first kappa shape index (κ1) is 20.4. The standard InChI is InChI=1S/C24H31NO3/c1-16-6-5-7-20(10-16)15-28-23-17(2)11-21(12-18(23)3)13-25-14-22(24(26)27)9-8-19(25)4/h5-7,10-12,19,22H,8-9,13-15H2,1-4H3,(H,26,27). The number of carboxylic acid groups (broad SMARTS) is 1. The van der Waals surface area contributed by atoms with Crippen molar-refractivity contribution in [3.63, 3.8) is 0 Å². The maximum Gasteiger partial charge on any atom is 0.307 e. The fourth-order valence-electron chi connectivity index (χ4n) is 4.15. The van der Waals surface area contributed by atoms with Gasteiger partial charge in [-0.3, -0.25) is 9.69 Å². The molecule has 0 radical (unpaired) electrons. The van der Waals surface area contributed by atoms with E-state index in [9.17, 15) is 9.90 Å². The monoisotopic (exact) mass is 381 g/mol. The minimum absolute atomic E-state index is 0.254. The minimum Gasteiger partial charge on any atom is -0.488 e. The van der Waals surface area contributed by atoms with Gasteiger partial charge in [0, 0.05) is 19.1 Å². The van der Waals surface area contributed by atoms with E-state index in [4.69, 9.17) is 4.74 Å². The lowest BCUT2D eigenvalue weighted by Crippen LogP contribution is -2.43. The van der Waals surface area contributed by atoms with E-state index in [1.54, 1.807) is 0 Å². The number of nitrogens with zero attached hydrogens (tertiary/aromatic N) is 1. The second-order valence-corrected chi connectivity index (χ2v) is 8.23. The Morgan fingerprint density at radius 3 is 2.46 bits per heavy atom. The number of hydrogen-bond acceptors (Lipinski definition) is 3. The Morgan fingerprint density at radius 1 is 1.11 bits per heavy atom. The van der Waals surface area contributed by atoms with E-state index >= 15 is 0 Å².